The van der Waals surface area contributed by atoms with Gasteiger partial charge >= 0.3 is 5.97 Å². The van der Waals surface area contributed by atoms with Gasteiger partial charge in [-0.2, -0.15) is 0 Å². The fourth-order valence-corrected chi connectivity index (χ4v) is 1.73. The molecule has 0 saturated heterocycles. The molecule has 1 aromatic rings. The average molecular weight is 191 g/mol. The highest BCUT2D eigenvalue weighted by Crippen LogP contribution is 2.38. The fourth-order valence-electron chi connectivity index (χ4n) is 1.73. The van der Waals surface area contributed by atoms with Gasteiger partial charge in [0.1, 0.15) is 0 Å². The van der Waals surface area contributed by atoms with E-state index in [2.05, 4.69) is 4.98 Å². The zero-order chi connectivity index (χ0) is 9.97. The highest BCUT2D eigenvalue weighted by molar-refractivity contribution is 5.71. The summed E-state index contributed by atoms with van der Waals surface area (Å²) in [6, 6.07) is 3.77. The lowest BCUT2D eigenvalue weighted by Gasteiger charge is -2.10. The minimum absolute atomic E-state index is 0.197. The van der Waals surface area contributed by atoms with Gasteiger partial charge in [0.15, 0.2) is 0 Å². The summed E-state index contributed by atoms with van der Waals surface area (Å²) in [6.07, 6.45) is 6.20. The Labute approximate surface area is 82.8 Å². The molecule has 3 heteroatoms. The van der Waals surface area contributed by atoms with Crippen molar-refractivity contribution >= 4 is 5.97 Å². The smallest absolute Gasteiger partial charge is 0.307 e. The van der Waals surface area contributed by atoms with Crippen LogP contribution in [0.15, 0.2) is 24.5 Å². The van der Waals surface area contributed by atoms with E-state index in [0.717, 1.165) is 18.4 Å². The van der Waals surface area contributed by atoms with Crippen LogP contribution in [0.25, 0.3) is 0 Å². The van der Waals surface area contributed by atoms with Crippen LogP contribution in [0.2, 0.25) is 0 Å². The number of carbonyl (C=O) groups is 1. The van der Waals surface area contributed by atoms with E-state index >= 15 is 0 Å². The maximum absolute atomic E-state index is 11.0. The Morgan fingerprint density at radius 1 is 1.50 bits per heavy atom. The third kappa shape index (κ3) is 2.10. The van der Waals surface area contributed by atoms with E-state index < -0.39 is 5.97 Å². The average Bonchev–Trinajstić information content (AvgIpc) is 2.99. The maximum Gasteiger partial charge on any atom is 0.307 e. The van der Waals surface area contributed by atoms with E-state index in [-0.39, 0.29) is 5.92 Å². The fraction of sp³-hybridized carbons (Fsp3) is 0.455. The SMILES string of the molecule is O=C(O)C(Cc1ccncc1)C1CC1. The molecular formula is C11H13NO2. The van der Waals surface area contributed by atoms with Gasteiger partial charge < -0.3 is 5.11 Å². The molecule has 74 valence electrons. The second-order valence-electron chi connectivity index (χ2n) is 3.84. The summed E-state index contributed by atoms with van der Waals surface area (Å²) >= 11 is 0. The van der Waals surface area contributed by atoms with Crippen LogP contribution in [-0.4, -0.2) is 16.1 Å². The highest BCUT2D eigenvalue weighted by Gasteiger charge is 2.35. The first-order chi connectivity index (χ1) is 6.77. The van der Waals surface area contributed by atoms with Crippen LogP contribution in [0.3, 0.4) is 0 Å². The molecule has 14 heavy (non-hydrogen) atoms. The Kier molecular flexibility index (Phi) is 2.48. The van der Waals surface area contributed by atoms with Crippen molar-refractivity contribution in [2.24, 2.45) is 11.8 Å². The number of rotatable bonds is 4. The molecule has 1 N–H and O–H groups in total. The molecule has 1 saturated carbocycles. The Hall–Kier alpha value is -1.38. The Balaban J connectivity index is 2.04. The quantitative estimate of drug-likeness (QED) is 0.788. The van der Waals surface area contributed by atoms with Gasteiger partial charge in [-0.3, -0.25) is 9.78 Å². The van der Waals surface area contributed by atoms with Crippen LogP contribution in [-0.2, 0) is 11.2 Å². The molecular weight excluding hydrogens is 178 g/mol. The van der Waals surface area contributed by atoms with Crippen molar-refractivity contribution in [3.05, 3.63) is 30.1 Å². The Morgan fingerprint density at radius 2 is 2.14 bits per heavy atom. The molecule has 0 aromatic carbocycles. The summed E-state index contributed by atoms with van der Waals surface area (Å²) in [5, 5.41) is 9.03. The summed E-state index contributed by atoms with van der Waals surface area (Å²) in [4.78, 5) is 14.9. The van der Waals surface area contributed by atoms with Gasteiger partial charge in [0.2, 0.25) is 0 Å². The first kappa shape index (κ1) is 9.19. The summed E-state index contributed by atoms with van der Waals surface area (Å²) in [5.41, 5.74) is 1.07. The molecule has 1 aromatic heterocycles. The number of aliphatic carboxylic acids is 1. The maximum atomic E-state index is 11.0. The first-order valence-corrected chi connectivity index (χ1v) is 4.89. The number of aromatic nitrogens is 1. The molecule has 0 amide bonds. The van der Waals surface area contributed by atoms with Gasteiger partial charge in [-0.15, -0.1) is 0 Å². The predicted octanol–water partition coefficient (Wildman–Crippen LogP) is 1.73. The van der Waals surface area contributed by atoms with E-state index in [1.54, 1.807) is 12.4 Å². The van der Waals surface area contributed by atoms with Crippen molar-refractivity contribution in [3.63, 3.8) is 0 Å². The minimum Gasteiger partial charge on any atom is -0.481 e. The normalized spacial score (nSPS) is 17.7. The number of nitrogens with zero attached hydrogens (tertiary/aromatic N) is 1. The number of pyridine rings is 1. The van der Waals surface area contributed by atoms with Crippen LogP contribution in [0.4, 0.5) is 0 Å². The molecule has 2 rings (SSSR count). The van der Waals surface area contributed by atoms with E-state index in [1.807, 2.05) is 12.1 Å². The van der Waals surface area contributed by atoms with Crippen molar-refractivity contribution in [2.45, 2.75) is 19.3 Å². The minimum atomic E-state index is -0.663. The standard InChI is InChI=1S/C11H13NO2/c13-11(14)10(9-1-2-9)7-8-3-5-12-6-4-8/h3-6,9-10H,1-2,7H2,(H,13,14). The molecule has 1 atom stereocenters. The van der Waals surface area contributed by atoms with E-state index in [9.17, 15) is 4.79 Å². The molecule has 0 bridgehead atoms. The molecule has 1 aliphatic rings. The topological polar surface area (TPSA) is 50.2 Å². The Morgan fingerprint density at radius 3 is 2.64 bits per heavy atom. The number of hydrogen-bond donors (Lipinski definition) is 1. The lowest BCUT2D eigenvalue weighted by atomic mass is 9.95. The van der Waals surface area contributed by atoms with Gasteiger partial charge in [-0.05, 0) is 42.9 Å². The van der Waals surface area contributed by atoms with Gasteiger partial charge in [0.25, 0.3) is 0 Å². The van der Waals surface area contributed by atoms with Crippen molar-refractivity contribution in [1.29, 1.82) is 0 Å². The van der Waals surface area contributed by atoms with Gasteiger partial charge in [-0.25, -0.2) is 0 Å². The van der Waals surface area contributed by atoms with Crippen LogP contribution >= 0.6 is 0 Å². The van der Waals surface area contributed by atoms with Crippen molar-refractivity contribution in [1.82, 2.24) is 4.98 Å². The number of carboxylic acid groups (broad SMARTS) is 1. The summed E-state index contributed by atoms with van der Waals surface area (Å²) < 4.78 is 0. The second kappa shape index (κ2) is 3.78. The highest BCUT2D eigenvalue weighted by atomic mass is 16.4. The largest absolute Gasteiger partial charge is 0.481 e. The van der Waals surface area contributed by atoms with Crippen LogP contribution < -0.4 is 0 Å². The molecule has 1 unspecified atom stereocenters. The third-order valence-electron chi connectivity index (χ3n) is 2.71. The van der Waals surface area contributed by atoms with Gasteiger partial charge in [0, 0.05) is 12.4 Å². The predicted molar refractivity (Wildman–Crippen MR) is 51.8 cm³/mol. The molecule has 1 fully saturated rings. The molecule has 0 spiro atoms. The second-order valence-corrected chi connectivity index (χ2v) is 3.84. The van der Waals surface area contributed by atoms with Gasteiger partial charge in [-0.1, -0.05) is 0 Å². The molecule has 3 nitrogen and oxygen atoms in total. The third-order valence-corrected chi connectivity index (χ3v) is 2.71. The zero-order valence-electron chi connectivity index (χ0n) is 7.89. The van der Waals surface area contributed by atoms with Crippen molar-refractivity contribution < 1.29 is 9.90 Å². The lowest BCUT2D eigenvalue weighted by Crippen LogP contribution is -2.18. The first-order valence-electron chi connectivity index (χ1n) is 4.89. The lowest BCUT2D eigenvalue weighted by molar-refractivity contribution is -0.142. The summed E-state index contributed by atoms with van der Waals surface area (Å²) in [7, 11) is 0. The molecule has 1 heterocycles. The van der Waals surface area contributed by atoms with Crippen LogP contribution in [0, 0.1) is 11.8 Å². The zero-order valence-corrected chi connectivity index (χ0v) is 7.89. The van der Waals surface area contributed by atoms with E-state index in [1.165, 1.54) is 0 Å². The van der Waals surface area contributed by atoms with Crippen molar-refractivity contribution in [2.75, 3.05) is 0 Å². The molecule has 1 aliphatic carbocycles. The number of carboxylic acids is 1. The summed E-state index contributed by atoms with van der Waals surface area (Å²) in [5.74, 6) is -0.456. The Bertz CT molecular complexity index is 319. The van der Waals surface area contributed by atoms with Crippen molar-refractivity contribution in [3.8, 4) is 0 Å². The van der Waals surface area contributed by atoms with Gasteiger partial charge in [0.05, 0.1) is 5.92 Å². The summed E-state index contributed by atoms with van der Waals surface area (Å²) in [6.45, 7) is 0. The van der Waals surface area contributed by atoms with Crippen LogP contribution in [0.1, 0.15) is 18.4 Å². The monoisotopic (exact) mass is 191 g/mol. The molecule has 0 radical (unpaired) electrons. The van der Waals surface area contributed by atoms with Crippen LogP contribution in [0.5, 0.6) is 0 Å². The van der Waals surface area contributed by atoms with E-state index in [4.69, 9.17) is 5.11 Å². The van der Waals surface area contributed by atoms with E-state index in [0.29, 0.717) is 12.3 Å². The molecule has 0 aliphatic heterocycles. The number of hydrogen-bond acceptors (Lipinski definition) is 2.